The van der Waals surface area contributed by atoms with Crippen LogP contribution < -0.4 is 5.32 Å². The molecular formula is C8H11N3O2. The van der Waals surface area contributed by atoms with Crippen LogP contribution in [0.3, 0.4) is 0 Å². The first-order valence-electron chi connectivity index (χ1n) is 4.17. The van der Waals surface area contributed by atoms with E-state index >= 15 is 0 Å². The third-order valence-electron chi connectivity index (χ3n) is 2.06. The van der Waals surface area contributed by atoms with Crippen molar-refractivity contribution in [2.45, 2.75) is 13.1 Å². The van der Waals surface area contributed by atoms with Crippen molar-refractivity contribution in [1.82, 2.24) is 15.1 Å². The summed E-state index contributed by atoms with van der Waals surface area (Å²) in [5, 5.41) is 7.32. The van der Waals surface area contributed by atoms with Gasteiger partial charge in [0.05, 0.1) is 19.3 Å². The average Bonchev–Trinajstić information content (AvgIpc) is 2.59. The predicted octanol–water partition coefficient (Wildman–Crippen LogP) is -0.227. The van der Waals surface area contributed by atoms with Crippen LogP contribution in [0, 0.1) is 0 Å². The fraction of sp³-hybridized carbons (Fsp3) is 0.500. The van der Waals surface area contributed by atoms with E-state index in [1.54, 1.807) is 6.07 Å². The van der Waals surface area contributed by atoms with Gasteiger partial charge in [-0.1, -0.05) is 0 Å². The van der Waals surface area contributed by atoms with Gasteiger partial charge in [0.2, 0.25) is 0 Å². The van der Waals surface area contributed by atoms with Gasteiger partial charge in [0.15, 0.2) is 5.69 Å². The fourth-order valence-electron chi connectivity index (χ4n) is 1.40. The lowest BCUT2D eigenvalue weighted by Gasteiger charge is -2.13. The first kappa shape index (κ1) is 8.25. The number of esters is 1. The van der Waals surface area contributed by atoms with E-state index in [1.807, 2.05) is 4.68 Å². The number of hydrogen-bond donors (Lipinski definition) is 1. The van der Waals surface area contributed by atoms with Gasteiger partial charge in [0.1, 0.15) is 0 Å². The second-order valence-corrected chi connectivity index (χ2v) is 2.91. The Morgan fingerprint density at radius 1 is 1.77 bits per heavy atom. The van der Waals surface area contributed by atoms with Crippen LogP contribution in [0.25, 0.3) is 0 Å². The summed E-state index contributed by atoms with van der Waals surface area (Å²) in [6, 6.07) is 1.76. The molecule has 0 aromatic carbocycles. The van der Waals surface area contributed by atoms with Crippen molar-refractivity contribution in [2.75, 3.05) is 13.7 Å². The summed E-state index contributed by atoms with van der Waals surface area (Å²) < 4.78 is 6.41. The van der Waals surface area contributed by atoms with Gasteiger partial charge >= 0.3 is 5.97 Å². The molecule has 0 bridgehead atoms. The second kappa shape index (κ2) is 3.18. The Labute approximate surface area is 75.7 Å². The molecule has 5 nitrogen and oxygen atoms in total. The van der Waals surface area contributed by atoms with Crippen LogP contribution in [0.1, 0.15) is 16.2 Å². The maximum absolute atomic E-state index is 11.1. The van der Waals surface area contributed by atoms with Crippen LogP contribution in [-0.4, -0.2) is 29.4 Å². The van der Waals surface area contributed by atoms with E-state index in [9.17, 15) is 4.79 Å². The molecule has 70 valence electrons. The van der Waals surface area contributed by atoms with Crippen molar-refractivity contribution in [3.63, 3.8) is 0 Å². The number of rotatable bonds is 1. The molecule has 0 fully saturated rings. The van der Waals surface area contributed by atoms with Crippen molar-refractivity contribution in [3.8, 4) is 0 Å². The molecule has 0 aliphatic carbocycles. The Balaban J connectivity index is 2.30. The van der Waals surface area contributed by atoms with Gasteiger partial charge in [-0.2, -0.15) is 5.10 Å². The van der Waals surface area contributed by atoms with Crippen LogP contribution >= 0.6 is 0 Å². The summed E-state index contributed by atoms with van der Waals surface area (Å²) in [5.41, 5.74) is 1.42. The maximum atomic E-state index is 11.1. The highest BCUT2D eigenvalue weighted by Gasteiger charge is 2.16. The molecule has 0 atom stereocenters. The van der Waals surface area contributed by atoms with Gasteiger partial charge in [0, 0.05) is 13.1 Å². The normalized spacial score (nSPS) is 15.2. The Morgan fingerprint density at radius 3 is 3.31 bits per heavy atom. The molecule has 1 aliphatic rings. The van der Waals surface area contributed by atoms with E-state index in [2.05, 4.69) is 15.2 Å². The van der Waals surface area contributed by atoms with Crippen molar-refractivity contribution in [2.24, 2.45) is 0 Å². The summed E-state index contributed by atoms with van der Waals surface area (Å²) in [6.07, 6.45) is 0. The molecule has 1 aromatic heterocycles. The number of nitrogens with zero attached hydrogens (tertiary/aromatic N) is 2. The smallest absolute Gasteiger partial charge is 0.358 e. The fourth-order valence-corrected chi connectivity index (χ4v) is 1.40. The van der Waals surface area contributed by atoms with Crippen LogP contribution in [0.4, 0.5) is 0 Å². The molecule has 0 radical (unpaired) electrons. The largest absolute Gasteiger partial charge is 0.464 e. The molecular weight excluding hydrogens is 170 g/mol. The number of fused-ring (bicyclic) bond motifs is 1. The van der Waals surface area contributed by atoms with Crippen molar-refractivity contribution >= 4 is 5.97 Å². The lowest BCUT2D eigenvalue weighted by Crippen LogP contribution is -2.28. The Bertz CT molecular complexity index is 309. The molecule has 0 amide bonds. The van der Waals surface area contributed by atoms with Crippen molar-refractivity contribution in [3.05, 3.63) is 17.5 Å². The van der Waals surface area contributed by atoms with E-state index in [-0.39, 0.29) is 5.97 Å². The number of nitrogens with one attached hydrogen (secondary N) is 1. The Kier molecular flexibility index (Phi) is 2.02. The van der Waals surface area contributed by atoms with Crippen molar-refractivity contribution < 1.29 is 9.53 Å². The first-order valence-corrected chi connectivity index (χ1v) is 4.17. The monoisotopic (exact) mass is 181 g/mol. The number of carbonyl (C=O) groups excluding carboxylic acids is 1. The van der Waals surface area contributed by atoms with Crippen LogP contribution in [-0.2, 0) is 17.8 Å². The molecule has 1 N–H and O–H groups in total. The summed E-state index contributed by atoms with van der Waals surface area (Å²) >= 11 is 0. The third-order valence-corrected chi connectivity index (χ3v) is 2.06. The Morgan fingerprint density at radius 2 is 2.62 bits per heavy atom. The molecule has 5 heteroatoms. The highest BCUT2D eigenvalue weighted by molar-refractivity contribution is 5.87. The number of methoxy groups -OCH3 is 1. The molecule has 13 heavy (non-hydrogen) atoms. The van der Waals surface area contributed by atoms with Crippen LogP contribution in [0.2, 0.25) is 0 Å². The lowest BCUT2D eigenvalue weighted by molar-refractivity contribution is 0.0593. The minimum Gasteiger partial charge on any atom is -0.464 e. The SMILES string of the molecule is COC(=O)c1cc2n(n1)CCNC2. The van der Waals surface area contributed by atoms with Gasteiger partial charge in [-0.15, -0.1) is 0 Å². The van der Waals surface area contributed by atoms with Crippen LogP contribution in [0.5, 0.6) is 0 Å². The number of hydrogen-bond acceptors (Lipinski definition) is 4. The summed E-state index contributed by atoms with van der Waals surface area (Å²) in [7, 11) is 1.36. The van der Waals surface area contributed by atoms with Crippen molar-refractivity contribution in [1.29, 1.82) is 0 Å². The van der Waals surface area contributed by atoms with Crippen LogP contribution in [0.15, 0.2) is 6.07 Å². The molecule has 0 saturated heterocycles. The van der Waals surface area contributed by atoms with E-state index in [4.69, 9.17) is 0 Å². The van der Waals surface area contributed by atoms with Gasteiger partial charge in [0.25, 0.3) is 0 Å². The minimum absolute atomic E-state index is 0.373. The summed E-state index contributed by atoms with van der Waals surface area (Å²) in [5.74, 6) is -0.373. The molecule has 0 saturated carbocycles. The molecule has 0 unspecified atom stereocenters. The third kappa shape index (κ3) is 1.42. The standard InChI is InChI=1S/C8H11N3O2/c1-13-8(12)7-4-6-5-9-2-3-11(6)10-7/h4,9H,2-3,5H2,1H3. The first-order chi connectivity index (χ1) is 6.31. The van der Waals surface area contributed by atoms with E-state index in [0.29, 0.717) is 5.69 Å². The zero-order chi connectivity index (χ0) is 9.26. The molecule has 2 rings (SSSR count). The van der Waals surface area contributed by atoms with E-state index < -0.39 is 0 Å². The maximum Gasteiger partial charge on any atom is 0.358 e. The quantitative estimate of drug-likeness (QED) is 0.608. The number of carbonyl (C=O) groups is 1. The molecule has 2 heterocycles. The summed E-state index contributed by atoms with van der Waals surface area (Å²) in [6.45, 7) is 2.48. The highest BCUT2D eigenvalue weighted by atomic mass is 16.5. The molecule has 1 aliphatic heterocycles. The molecule has 0 spiro atoms. The zero-order valence-electron chi connectivity index (χ0n) is 7.41. The topological polar surface area (TPSA) is 56.2 Å². The zero-order valence-corrected chi connectivity index (χ0v) is 7.41. The number of aromatic nitrogens is 2. The highest BCUT2D eigenvalue weighted by Crippen LogP contribution is 2.08. The van der Waals surface area contributed by atoms with Gasteiger partial charge in [-0.3, -0.25) is 4.68 Å². The average molecular weight is 181 g/mol. The van der Waals surface area contributed by atoms with Gasteiger partial charge in [-0.25, -0.2) is 4.79 Å². The molecule has 1 aromatic rings. The van der Waals surface area contributed by atoms with Gasteiger partial charge in [-0.05, 0) is 6.07 Å². The van der Waals surface area contributed by atoms with E-state index in [0.717, 1.165) is 25.3 Å². The predicted molar refractivity (Wildman–Crippen MR) is 45.3 cm³/mol. The summed E-state index contributed by atoms with van der Waals surface area (Å²) in [4.78, 5) is 11.1. The number of ether oxygens (including phenoxy) is 1. The van der Waals surface area contributed by atoms with E-state index in [1.165, 1.54) is 7.11 Å². The minimum atomic E-state index is -0.373. The van der Waals surface area contributed by atoms with Gasteiger partial charge < -0.3 is 10.1 Å². The second-order valence-electron chi connectivity index (χ2n) is 2.91. The Hall–Kier alpha value is -1.36. The lowest BCUT2D eigenvalue weighted by atomic mass is 10.3.